The van der Waals surface area contributed by atoms with Crippen molar-refractivity contribution in [2.75, 3.05) is 0 Å². The van der Waals surface area contributed by atoms with E-state index in [4.69, 9.17) is 0 Å². The molecular formula is C16H21NO. The number of hydrogen-bond donors (Lipinski definition) is 2. The first-order chi connectivity index (χ1) is 8.49. The lowest BCUT2D eigenvalue weighted by molar-refractivity contribution is 0.0956. The molecule has 2 rings (SSSR count). The van der Waals surface area contributed by atoms with Crippen molar-refractivity contribution in [2.24, 2.45) is 0 Å². The van der Waals surface area contributed by atoms with E-state index in [1.165, 1.54) is 16.3 Å². The van der Waals surface area contributed by atoms with Gasteiger partial charge < -0.3 is 10.4 Å². The van der Waals surface area contributed by atoms with Crippen LogP contribution in [-0.2, 0) is 6.54 Å². The second-order valence-corrected chi connectivity index (χ2v) is 5.43. The predicted octanol–water partition coefficient (Wildman–Crippen LogP) is 3.09. The molecular weight excluding hydrogens is 222 g/mol. The zero-order valence-corrected chi connectivity index (χ0v) is 11.3. The highest BCUT2D eigenvalue weighted by molar-refractivity contribution is 5.82. The van der Waals surface area contributed by atoms with E-state index in [1.807, 2.05) is 20.8 Å². The van der Waals surface area contributed by atoms with Crippen LogP contribution in [0, 0.1) is 0 Å². The van der Waals surface area contributed by atoms with E-state index in [0.717, 1.165) is 6.54 Å². The normalized spacial score (nSPS) is 13.8. The van der Waals surface area contributed by atoms with E-state index in [9.17, 15) is 5.11 Å². The summed E-state index contributed by atoms with van der Waals surface area (Å²) in [5, 5.41) is 15.6. The molecule has 0 spiro atoms. The molecule has 0 radical (unpaired) electrons. The molecule has 0 saturated heterocycles. The maximum absolute atomic E-state index is 9.67. The fourth-order valence-electron chi connectivity index (χ4n) is 1.83. The summed E-state index contributed by atoms with van der Waals surface area (Å²) in [7, 11) is 0. The maximum Gasteiger partial charge on any atom is 0.0688 e. The van der Waals surface area contributed by atoms with Crippen molar-refractivity contribution in [3.63, 3.8) is 0 Å². The van der Waals surface area contributed by atoms with Crippen LogP contribution in [0.15, 0.2) is 42.5 Å². The van der Waals surface area contributed by atoms with Gasteiger partial charge in [-0.2, -0.15) is 0 Å². The highest BCUT2D eigenvalue weighted by atomic mass is 16.3. The van der Waals surface area contributed by atoms with Crippen LogP contribution >= 0.6 is 0 Å². The minimum absolute atomic E-state index is 0.272. The molecule has 2 N–H and O–H groups in total. The van der Waals surface area contributed by atoms with Crippen molar-refractivity contribution < 1.29 is 5.11 Å². The Kier molecular flexibility index (Phi) is 3.69. The van der Waals surface area contributed by atoms with Gasteiger partial charge in [-0.15, -0.1) is 0 Å². The minimum Gasteiger partial charge on any atom is -0.392 e. The Morgan fingerprint density at radius 2 is 1.78 bits per heavy atom. The number of benzene rings is 2. The Morgan fingerprint density at radius 3 is 2.44 bits per heavy atom. The number of nitrogens with one attached hydrogen (secondary N) is 1. The Hall–Kier alpha value is -1.38. The highest BCUT2D eigenvalue weighted by Gasteiger charge is 2.22. The summed E-state index contributed by atoms with van der Waals surface area (Å²) in [6.07, 6.45) is -0.377. The predicted molar refractivity (Wildman–Crippen MR) is 76.5 cm³/mol. The number of fused-ring (bicyclic) bond motifs is 1. The molecule has 0 fully saturated rings. The molecule has 0 saturated carbocycles. The van der Waals surface area contributed by atoms with Crippen LogP contribution in [0.25, 0.3) is 10.8 Å². The monoisotopic (exact) mass is 243 g/mol. The standard InChI is InChI=1S/C16H21NO/c1-12(18)16(2,3)17-11-13-8-9-14-6-4-5-7-15(14)10-13/h4-10,12,17-18H,11H2,1-3H3. The highest BCUT2D eigenvalue weighted by Crippen LogP contribution is 2.16. The van der Waals surface area contributed by atoms with E-state index in [-0.39, 0.29) is 11.6 Å². The fraction of sp³-hybridized carbons (Fsp3) is 0.375. The van der Waals surface area contributed by atoms with Gasteiger partial charge in [0.15, 0.2) is 0 Å². The van der Waals surface area contributed by atoms with Crippen molar-refractivity contribution in [1.82, 2.24) is 5.32 Å². The first-order valence-corrected chi connectivity index (χ1v) is 6.40. The van der Waals surface area contributed by atoms with Gasteiger partial charge >= 0.3 is 0 Å². The SMILES string of the molecule is CC(O)C(C)(C)NCc1ccc2ccccc2c1. The first-order valence-electron chi connectivity index (χ1n) is 6.40. The van der Waals surface area contributed by atoms with Crippen molar-refractivity contribution in [1.29, 1.82) is 0 Å². The van der Waals surface area contributed by atoms with Crippen LogP contribution in [0.2, 0.25) is 0 Å². The molecule has 0 heterocycles. The first kappa shape index (κ1) is 13.1. The van der Waals surface area contributed by atoms with Gasteiger partial charge in [-0.05, 0) is 43.2 Å². The lowest BCUT2D eigenvalue weighted by Crippen LogP contribution is -2.47. The van der Waals surface area contributed by atoms with Gasteiger partial charge in [-0.3, -0.25) is 0 Å². The molecule has 0 aliphatic carbocycles. The zero-order chi connectivity index (χ0) is 13.2. The minimum atomic E-state index is -0.377. The van der Waals surface area contributed by atoms with E-state index < -0.39 is 0 Å². The fourth-order valence-corrected chi connectivity index (χ4v) is 1.83. The zero-order valence-electron chi connectivity index (χ0n) is 11.3. The molecule has 18 heavy (non-hydrogen) atoms. The molecule has 1 atom stereocenters. The van der Waals surface area contributed by atoms with Gasteiger partial charge in [0.25, 0.3) is 0 Å². The Bertz CT molecular complexity index is 531. The molecule has 1 unspecified atom stereocenters. The van der Waals surface area contributed by atoms with Crippen LogP contribution in [0.3, 0.4) is 0 Å². The molecule has 0 aromatic heterocycles. The third-order valence-corrected chi connectivity index (χ3v) is 3.61. The summed E-state index contributed by atoms with van der Waals surface area (Å²) in [6.45, 7) is 6.60. The van der Waals surface area contributed by atoms with Gasteiger partial charge in [0, 0.05) is 12.1 Å². The van der Waals surface area contributed by atoms with Gasteiger partial charge in [0.05, 0.1) is 6.10 Å². The number of aliphatic hydroxyl groups excluding tert-OH is 1. The average Bonchev–Trinajstić information content (AvgIpc) is 2.36. The molecule has 2 aromatic carbocycles. The number of rotatable bonds is 4. The summed E-state index contributed by atoms with van der Waals surface area (Å²) in [4.78, 5) is 0. The molecule has 2 nitrogen and oxygen atoms in total. The maximum atomic E-state index is 9.67. The smallest absolute Gasteiger partial charge is 0.0688 e. The van der Waals surface area contributed by atoms with Crippen molar-refractivity contribution in [3.05, 3.63) is 48.0 Å². The van der Waals surface area contributed by atoms with Gasteiger partial charge in [0.1, 0.15) is 0 Å². The topological polar surface area (TPSA) is 32.3 Å². The lowest BCUT2D eigenvalue weighted by atomic mass is 9.98. The van der Waals surface area contributed by atoms with Crippen LogP contribution in [0.1, 0.15) is 26.3 Å². The third-order valence-electron chi connectivity index (χ3n) is 3.61. The van der Waals surface area contributed by atoms with Crippen molar-refractivity contribution in [3.8, 4) is 0 Å². The number of aliphatic hydroxyl groups is 1. The molecule has 2 aromatic rings. The molecule has 0 amide bonds. The van der Waals surface area contributed by atoms with E-state index >= 15 is 0 Å². The quantitative estimate of drug-likeness (QED) is 0.865. The second-order valence-electron chi connectivity index (χ2n) is 5.43. The lowest BCUT2D eigenvalue weighted by Gasteiger charge is -2.29. The number of hydrogen-bond acceptors (Lipinski definition) is 2. The average molecular weight is 243 g/mol. The molecule has 2 heteroatoms. The summed E-state index contributed by atoms with van der Waals surface area (Å²) >= 11 is 0. The summed E-state index contributed by atoms with van der Waals surface area (Å²) in [5.41, 5.74) is 0.966. The van der Waals surface area contributed by atoms with Crippen LogP contribution < -0.4 is 5.32 Å². The van der Waals surface area contributed by atoms with Crippen molar-refractivity contribution >= 4 is 10.8 Å². The van der Waals surface area contributed by atoms with Crippen LogP contribution in [0.5, 0.6) is 0 Å². The van der Waals surface area contributed by atoms with Gasteiger partial charge in [-0.25, -0.2) is 0 Å². The van der Waals surface area contributed by atoms with Crippen LogP contribution in [-0.4, -0.2) is 16.7 Å². The Balaban J connectivity index is 2.13. The Labute approximate surface area is 109 Å². The molecule has 0 bridgehead atoms. The van der Waals surface area contributed by atoms with E-state index in [0.29, 0.717) is 0 Å². The van der Waals surface area contributed by atoms with Crippen LogP contribution in [0.4, 0.5) is 0 Å². The van der Waals surface area contributed by atoms with Crippen molar-refractivity contribution in [2.45, 2.75) is 39.0 Å². The summed E-state index contributed by atoms with van der Waals surface area (Å²) in [5.74, 6) is 0. The van der Waals surface area contributed by atoms with Gasteiger partial charge in [-0.1, -0.05) is 36.4 Å². The molecule has 0 aliphatic rings. The van der Waals surface area contributed by atoms with E-state index in [2.05, 4.69) is 47.8 Å². The van der Waals surface area contributed by atoms with Gasteiger partial charge in [0.2, 0.25) is 0 Å². The summed E-state index contributed by atoms with van der Waals surface area (Å²) in [6, 6.07) is 14.8. The summed E-state index contributed by atoms with van der Waals surface area (Å²) < 4.78 is 0. The molecule has 96 valence electrons. The largest absolute Gasteiger partial charge is 0.392 e. The second kappa shape index (κ2) is 5.09. The van der Waals surface area contributed by atoms with E-state index in [1.54, 1.807) is 0 Å². The molecule has 0 aliphatic heterocycles. The third kappa shape index (κ3) is 2.89. The Morgan fingerprint density at radius 1 is 1.11 bits per heavy atom.